The summed E-state index contributed by atoms with van der Waals surface area (Å²) in [4.78, 5) is 13.4. The van der Waals surface area contributed by atoms with E-state index in [1.807, 2.05) is 6.92 Å². The van der Waals surface area contributed by atoms with E-state index < -0.39 is 0 Å². The van der Waals surface area contributed by atoms with Gasteiger partial charge in [0.15, 0.2) is 0 Å². The molecule has 0 aliphatic carbocycles. The second kappa shape index (κ2) is 6.63. The standard InChI is InChI=1S/C14H16FNO/c1-3-11-16(4-2)14(17)10-7-12-5-8-13(15)9-6-12/h3,5-10H,1,4,11H2,2H3/b10-7+. The Kier molecular flexibility index (Phi) is 5.14. The van der Waals surface area contributed by atoms with Gasteiger partial charge in [-0.2, -0.15) is 0 Å². The van der Waals surface area contributed by atoms with Gasteiger partial charge < -0.3 is 4.90 Å². The average molecular weight is 233 g/mol. The van der Waals surface area contributed by atoms with Crippen LogP contribution in [0.4, 0.5) is 4.39 Å². The van der Waals surface area contributed by atoms with E-state index in [4.69, 9.17) is 0 Å². The van der Waals surface area contributed by atoms with Gasteiger partial charge in [-0.05, 0) is 30.7 Å². The average Bonchev–Trinajstić information content (AvgIpc) is 2.35. The van der Waals surface area contributed by atoms with Crippen LogP contribution in [-0.4, -0.2) is 23.9 Å². The number of hydrogen-bond acceptors (Lipinski definition) is 1. The number of amides is 1. The second-order valence-electron chi connectivity index (χ2n) is 3.55. The van der Waals surface area contributed by atoms with E-state index in [2.05, 4.69) is 6.58 Å². The molecular weight excluding hydrogens is 217 g/mol. The highest BCUT2D eigenvalue weighted by atomic mass is 19.1. The van der Waals surface area contributed by atoms with Crippen LogP contribution < -0.4 is 0 Å². The summed E-state index contributed by atoms with van der Waals surface area (Å²) in [6.45, 7) is 6.68. The van der Waals surface area contributed by atoms with E-state index in [9.17, 15) is 9.18 Å². The van der Waals surface area contributed by atoms with E-state index in [0.29, 0.717) is 13.1 Å². The summed E-state index contributed by atoms with van der Waals surface area (Å²) in [5.41, 5.74) is 0.800. The Morgan fingerprint density at radius 1 is 1.41 bits per heavy atom. The number of nitrogens with zero attached hydrogens (tertiary/aromatic N) is 1. The highest BCUT2D eigenvalue weighted by molar-refractivity contribution is 5.91. The summed E-state index contributed by atoms with van der Waals surface area (Å²) >= 11 is 0. The first-order valence-corrected chi connectivity index (χ1v) is 5.50. The van der Waals surface area contributed by atoms with E-state index in [1.165, 1.54) is 18.2 Å². The number of rotatable bonds is 5. The molecule has 0 aliphatic rings. The van der Waals surface area contributed by atoms with Crippen LogP contribution in [0.15, 0.2) is 43.0 Å². The zero-order valence-electron chi connectivity index (χ0n) is 9.90. The number of halogens is 1. The molecule has 0 radical (unpaired) electrons. The van der Waals surface area contributed by atoms with Gasteiger partial charge in [0.2, 0.25) is 5.91 Å². The molecule has 2 nitrogen and oxygen atoms in total. The van der Waals surface area contributed by atoms with Gasteiger partial charge in [-0.1, -0.05) is 18.2 Å². The summed E-state index contributed by atoms with van der Waals surface area (Å²) in [5.74, 6) is -0.355. The molecule has 1 amide bonds. The lowest BCUT2D eigenvalue weighted by atomic mass is 10.2. The molecule has 0 saturated heterocycles. The highest BCUT2D eigenvalue weighted by Crippen LogP contribution is 2.05. The first-order valence-electron chi connectivity index (χ1n) is 5.50. The van der Waals surface area contributed by atoms with Crippen LogP contribution >= 0.6 is 0 Å². The van der Waals surface area contributed by atoms with Crippen molar-refractivity contribution in [3.63, 3.8) is 0 Å². The third-order valence-corrected chi connectivity index (χ3v) is 2.33. The Balaban J connectivity index is 2.66. The van der Waals surface area contributed by atoms with Crippen LogP contribution in [-0.2, 0) is 4.79 Å². The van der Waals surface area contributed by atoms with Crippen LogP contribution in [0.2, 0.25) is 0 Å². The molecule has 0 bridgehead atoms. The normalized spacial score (nSPS) is 10.5. The minimum absolute atomic E-state index is 0.0725. The summed E-state index contributed by atoms with van der Waals surface area (Å²) < 4.78 is 12.7. The lowest BCUT2D eigenvalue weighted by molar-refractivity contribution is -0.125. The Bertz CT molecular complexity index is 409. The fraction of sp³-hybridized carbons (Fsp3) is 0.214. The van der Waals surface area contributed by atoms with Crippen LogP contribution in [0.5, 0.6) is 0 Å². The molecule has 3 heteroatoms. The molecule has 1 rings (SSSR count). The summed E-state index contributed by atoms with van der Waals surface area (Å²) in [6, 6.07) is 5.99. The van der Waals surface area contributed by atoms with Crippen molar-refractivity contribution in [2.45, 2.75) is 6.92 Å². The maximum Gasteiger partial charge on any atom is 0.246 e. The van der Waals surface area contributed by atoms with E-state index in [1.54, 1.807) is 29.2 Å². The molecule has 0 aliphatic heterocycles. The number of hydrogen-bond donors (Lipinski definition) is 0. The molecule has 0 heterocycles. The monoisotopic (exact) mass is 233 g/mol. The van der Waals surface area contributed by atoms with Gasteiger partial charge in [0, 0.05) is 19.2 Å². The maximum atomic E-state index is 12.7. The maximum absolute atomic E-state index is 12.7. The molecule has 0 spiro atoms. The fourth-order valence-corrected chi connectivity index (χ4v) is 1.38. The van der Waals surface area contributed by atoms with Crippen molar-refractivity contribution >= 4 is 12.0 Å². The van der Waals surface area contributed by atoms with Gasteiger partial charge in [0.25, 0.3) is 0 Å². The largest absolute Gasteiger partial charge is 0.336 e. The van der Waals surface area contributed by atoms with Crippen molar-refractivity contribution in [3.8, 4) is 0 Å². The van der Waals surface area contributed by atoms with Gasteiger partial charge in [-0.15, -0.1) is 6.58 Å². The van der Waals surface area contributed by atoms with Crippen LogP contribution in [0.3, 0.4) is 0 Å². The van der Waals surface area contributed by atoms with Crippen molar-refractivity contribution in [1.82, 2.24) is 4.90 Å². The first-order chi connectivity index (χ1) is 8.17. The second-order valence-corrected chi connectivity index (χ2v) is 3.55. The smallest absolute Gasteiger partial charge is 0.246 e. The molecule has 90 valence electrons. The van der Waals surface area contributed by atoms with Gasteiger partial charge >= 0.3 is 0 Å². The molecular formula is C14H16FNO. The molecule has 0 saturated carbocycles. The number of carbonyl (C=O) groups is 1. The topological polar surface area (TPSA) is 20.3 Å². The van der Waals surface area contributed by atoms with Crippen LogP contribution in [0.1, 0.15) is 12.5 Å². The van der Waals surface area contributed by atoms with E-state index >= 15 is 0 Å². The van der Waals surface area contributed by atoms with Crippen molar-refractivity contribution in [3.05, 3.63) is 54.4 Å². The predicted octanol–water partition coefficient (Wildman–Crippen LogP) is 2.87. The van der Waals surface area contributed by atoms with E-state index in [0.717, 1.165) is 5.56 Å². The van der Waals surface area contributed by atoms with Gasteiger partial charge in [0.05, 0.1) is 0 Å². The van der Waals surface area contributed by atoms with Crippen LogP contribution in [0.25, 0.3) is 6.08 Å². The number of likely N-dealkylation sites (N-methyl/N-ethyl adjacent to an activating group) is 1. The van der Waals surface area contributed by atoms with Gasteiger partial charge in [0.1, 0.15) is 5.82 Å². The van der Waals surface area contributed by atoms with Gasteiger partial charge in [-0.3, -0.25) is 4.79 Å². The fourth-order valence-electron chi connectivity index (χ4n) is 1.38. The molecule has 17 heavy (non-hydrogen) atoms. The van der Waals surface area contributed by atoms with Crippen molar-refractivity contribution in [2.24, 2.45) is 0 Å². The molecule has 0 fully saturated rings. The Morgan fingerprint density at radius 3 is 2.59 bits per heavy atom. The molecule has 0 N–H and O–H groups in total. The van der Waals surface area contributed by atoms with Crippen molar-refractivity contribution in [2.75, 3.05) is 13.1 Å². The third kappa shape index (κ3) is 4.23. The SMILES string of the molecule is C=CCN(CC)C(=O)/C=C/c1ccc(F)cc1. The van der Waals surface area contributed by atoms with Crippen LogP contribution in [0, 0.1) is 5.82 Å². The van der Waals surface area contributed by atoms with Crippen molar-refractivity contribution < 1.29 is 9.18 Å². The van der Waals surface area contributed by atoms with Gasteiger partial charge in [-0.25, -0.2) is 4.39 Å². The van der Waals surface area contributed by atoms with Crippen molar-refractivity contribution in [1.29, 1.82) is 0 Å². The molecule has 0 unspecified atom stereocenters. The first kappa shape index (κ1) is 13.2. The van der Waals surface area contributed by atoms with E-state index in [-0.39, 0.29) is 11.7 Å². The Labute approximate surface area is 101 Å². The Morgan fingerprint density at radius 2 is 2.06 bits per heavy atom. The molecule has 1 aromatic rings. The highest BCUT2D eigenvalue weighted by Gasteiger charge is 2.04. The quantitative estimate of drug-likeness (QED) is 0.565. The lowest BCUT2D eigenvalue weighted by Gasteiger charge is -2.16. The minimum atomic E-state index is -0.282. The zero-order valence-corrected chi connectivity index (χ0v) is 9.90. The molecule has 1 aromatic carbocycles. The Hall–Kier alpha value is -1.90. The third-order valence-electron chi connectivity index (χ3n) is 2.33. The number of benzene rings is 1. The molecule has 0 atom stereocenters. The number of carbonyl (C=O) groups excluding carboxylic acids is 1. The summed E-state index contributed by atoms with van der Waals surface area (Å²) in [6.07, 6.45) is 4.85. The minimum Gasteiger partial charge on any atom is -0.336 e. The predicted molar refractivity (Wildman–Crippen MR) is 67.9 cm³/mol. The summed E-state index contributed by atoms with van der Waals surface area (Å²) in [7, 11) is 0. The lowest BCUT2D eigenvalue weighted by Crippen LogP contribution is -2.29. The summed E-state index contributed by atoms with van der Waals surface area (Å²) in [5, 5.41) is 0. The zero-order chi connectivity index (χ0) is 12.7. The molecule has 0 aromatic heterocycles.